The van der Waals surface area contributed by atoms with E-state index in [1.807, 2.05) is 41.3 Å². The second kappa shape index (κ2) is 3.97. The highest BCUT2D eigenvalue weighted by molar-refractivity contribution is 5.66. The van der Waals surface area contributed by atoms with E-state index in [0.717, 1.165) is 29.2 Å². The molecule has 0 bridgehead atoms. The lowest BCUT2D eigenvalue weighted by Gasteiger charge is -2.11. The third kappa shape index (κ3) is 1.67. The van der Waals surface area contributed by atoms with Crippen LogP contribution in [0.5, 0.6) is 0 Å². The van der Waals surface area contributed by atoms with Gasteiger partial charge in [-0.1, -0.05) is 0 Å². The van der Waals surface area contributed by atoms with Gasteiger partial charge in [-0.25, -0.2) is 0 Å². The summed E-state index contributed by atoms with van der Waals surface area (Å²) in [7, 11) is 0. The number of pyridine rings is 1. The second-order valence-electron chi connectivity index (χ2n) is 3.80. The molecule has 17 heavy (non-hydrogen) atoms. The minimum absolute atomic E-state index is 0.830. The summed E-state index contributed by atoms with van der Waals surface area (Å²) in [5, 5.41) is 4.60. The van der Waals surface area contributed by atoms with Crippen molar-refractivity contribution in [3.05, 3.63) is 42.9 Å². The van der Waals surface area contributed by atoms with Crippen LogP contribution < -0.4 is 0 Å². The van der Waals surface area contributed by atoms with Gasteiger partial charge in [-0.05, 0) is 31.2 Å². The van der Waals surface area contributed by atoms with Gasteiger partial charge in [0.05, 0.1) is 17.1 Å². The van der Waals surface area contributed by atoms with Crippen molar-refractivity contribution in [2.24, 2.45) is 0 Å². The fourth-order valence-electron chi connectivity index (χ4n) is 1.91. The minimum atomic E-state index is 0.830. The van der Waals surface area contributed by atoms with E-state index in [9.17, 15) is 0 Å². The molecule has 4 heteroatoms. The van der Waals surface area contributed by atoms with E-state index < -0.39 is 0 Å². The Balaban J connectivity index is 2.21. The van der Waals surface area contributed by atoms with Gasteiger partial charge in [-0.3, -0.25) is 14.6 Å². The maximum absolute atomic E-state index is 4.60. The summed E-state index contributed by atoms with van der Waals surface area (Å²) < 4.78 is 1.96. The maximum atomic E-state index is 4.60. The van der Waals surface area contributed by atoms with Gasteiger partial charge >= 0.3 is 0 Å². The second-order valence-corrected chi connectivity index (χ2v) is 3.80. The summed E-state index contributed by atoms with van der Waals surface area (Å²) in [6, 6.07) is 7.90. The minimum Gasteiger partial charge on any atom is -0.264 e. The molecule has 1 aromatic heterocycles. The van der Waals surface area contributed by atoms with Crippen molar-refractivity contribution in [1.29, 1.82) is 0 Å². The largest absolute Gasteiger partial charge is 0.264 e. The molecule has 3 rings (SSSR count). The van der Waals surface area contributed by atoms with Gasteiger partial charge in [-0.15, -0.1) is 0 Å². The Morgan fingerprint density at radius 1 is 1.18 bits per heavy atom. The lowest BCUT2D eigenvalue weighted by atomic mass is 10.1. The summed E-state index contributed by atoms with van der Waals surface area (Å²) in [4.78, 5) is 8.45. The molecule has 2 aliphatic rings. The van der Waals surface area contributed by atoms with Crippen LogP contribution in [-0.4, -0.2) is 19.7 Å². The SMILES string of the molecule is CCn1nc(-c2cccnc2)cc2nccc1-2. The Morgan fingerprint density at radius 3 is 2.88 bits per heavy atom. The molecule has 1 aromatic rings. The maximum Gasteiger partial charge on any atom is 0.0945 e. The molecule has 0 amide bonds. The molecule has 0 fully saturated rings. The number of hydrogen-bond donors (Lipinski definition) is 0. The molecule has 0 aromatic carbocycles. The lowest BCUT2D eigenvalue weighted by Crippen LogP contribution is -2.06. The first-order valence-electron chi connectivity index (χ1n) is 5.61. The molecule has 0 unspecified atom stereocenters. The van der Waals surface area contributed by atoms with Crippen LogP contribution in [0.15, 0.2) is 42.9 Å². The van der Waals surface area contributed by atoms with Gasteiger partial charge in [0, 0.05) is 30.7 Å². The van der Waals surface area contributed by atoms with E-state index in [0.29, 0.717) is 0 Å². The zero-order chi connectivity index (χ0) is 11.7. The first kappa shape index (κ1) is 9.96. The number of rotatable bonds is 2. The van der Waals surface area contributed by atoms with Crippen molar-refractivity contribution >= 4 is 0 Å². The molecule has 4 nitrogen and oxygen atoms in total. The van der Waals surface area contributed by atoms with Gasteiger partial charge in [0.15, 0.2) is 0 Å². The molecular formula is C13H12N4. The summed E-state index contributed by atoms with van der Waals surface area (Å²) in [5.41, 5.74) is 3.96. The predicted molar refractivity (Wildman–Crippen MR) is 65.5 cm³/mol. The highest BCUT2D eigenvalue weighted by Gasteiger charge is 2.11. The van der Waals surface area contributed by atoms with E-state index in [1.54, 1.807) is 6.20 Å². The van der Waals surface area contributed by atoms with E-state index >= 15 is 0 Å². The molecule has 0 spiro atoms. The standard InChI is InChI=1S/C13H12N4/c1-2-17-13-5-7-15-12(13)8-11(16-17)10-4-3-6-14-9-10/h3-9H,2H2,1H3. The van der Waals surface area contributed by atoms with Gasteiger partial charge < -0.3 is 0 Å². The highest BCUT2D eigenvalue weighted by Crippen LogP contribution is 2.24. The monoisotopic (exact) mass is 224 g/mol. The Bertz CT molecular complexity index is 600. The van der Waals surface area contributed by atoms with Crippen molar-refractivity contribution in [1.82, 2.24) is 19.7 Å². The van der Waals surface area contributed by atoms with Gasteiger partial charge in [0.1, 0.15) is 0 Å². The third-order valence-electron chi connectivity index (χ3n) is 2.75. The van der Waals surface area contributed by atoms with E-state index in [2.05, 4.69) is 22.0 Å². The van der Waals surface area contributed by atoms with Crippen LogP contribution in [0.25, 0.3) is 22.6 Å². The summed E-state index contributed by atoms with van der Waals surface area (Å²) in [5.74, 6) is 0. The molecule has 2 aliphatic heterocycles. The fourth-order valence-corrected chi connectivity index (χ4v) is 1.91. The lowest BCUT2D eigenvalue weighted by molar-refractivity contribution is 0.651. The number of fused-ring (bicyclic) bond motifs is 1. The normalized spacial score (nSPS) is 10.9. The van der Waals surface area contributed by atoms with E-state index in [-0.39, 0.29) is 0 Å². The van der Waals surface area contributed by atoms with Crippen LogP contribution in [0.3, 0.4) is 0 Å². The summed E-state index contributed by atoms with van der Waals surface area (Å²) >= 11 is 0. The van der Waals surface area contributed by atoms with Gasteiger partial charge in [0.25, 0.3) is 0 Å². The highest BCUT2D eigenvalue weighted by atomic mass is 15.3. The molecule has 0 aliphatic carbocycles. The Hall–Kier alpha value is -2.23. The quantitative estimate of drug-likeness (QED) is 0.671. The topological polar surface area (TPSA) is 43.6 Å². The molecule has 3 heterocycles. The predicted octanol–water partition coefficient (Wildman–Crippen LogP) is 2.46. The number of nitrogens with zero attached hydrogens (tertiary/aromatic N) is 4. The molecule has 84 valence electrons. The van der Waals surface area contributed by atoms with E-state index in [4.69, 9.17) is 0 Å². The molecular weight excluding hydrogens is 212 g/mol. The van der Waals surface area contributed by atoms with Crippen LogP contribution in [0.1, 0.15) is 6.92 Å². The Labute approximate surface area is 99.3 Å². The van der Waals surface area contributed by atoms with Gasteiger partial charge in [-0.2, -0.15) is 5.10 Å². The Kier molecular flexibility index (Phi) is 2.33. The van der Waals surface area contributed by atoms with Crippen LogP contribution in [0, 0.1) is 0 Å². The zero-order valence-corrected chi connectivity index (χ0v) is 9.54. The van der Waals surface area contributed by atoms with Crippen LogP contribution in [0.2, 0.25) is 0 Å². The first-order valence-corrected chi connectivity index (χ1v) is 5.61. The zero-order valence-electron chi connectivity index (χ0n) is 9.54. The fraction of sp³-hybridized carbons (Fsp3) is 0.154. The number of aryl methyl sites for hydroxylation is 1. The van der Waals surface area contributed by atoms with Crippen molar-refractivity contribution in [2.45, 2.75) is 13.5 Å². The average Bonchev–Trinajstić information content (AvgIpc) is 2.86. The molecule has 0 saturated carbocycles. The summed E-state index contributed by atoms with van der Waals surface area (Å²) in [6.07, 6.45) is 5.39. The van der Waals surface area contributed by atoms with Crippen LogP contribution in [0.4, 0.5) is 0 Å². The van der Waals surface area contributed by atoms with Crippen LogP contribution in [-0.2, 0) is 6.54 Å². The Morgan fingerprint density at radius 2 is 2.12 bits per heavy atom. The van der Waals surface area contributed by atoms with E-state index in [1.165, 1.54) is 0 Å². The van der Waals surface area contributed by atoms with Crippen molar-refractivity contribution in [2.75, 3.05) is 0 Å². The summed E-state index contributed by atoms with van der Waals surface area (Å²) in [6.45, 7) is 2.91. The van der Waals surface area contributed by atoms with Crippen LogP contribution >= 0.6 is 0 Å². The molecule has 0 N–H and O–H groups in total. The van der Waals surface area contributed by atoms with Crippen molar-refractivity contribution in [3.8, 4) is 22.6 Å². The molecule has 0 saturated heterocycles. The molecule has 0 atom stereocenters. The average molecular weight is 224 g/mol. The smallest absolute Gasteiger partial charge is 0.0945 e. The third-order valence-corrected chi connectivity index (χ3v) is 2.75. The number of aromatic nitrogens is 4. The van der Waals surface area contributed by atoms with Gasteiger partial charge in [0.2, 0.25) is 0 Å². The van der Waals surface area contributed by atoms with Crippen molar-refractivity contribution < 1.29 is 0 Å². The first-order chi connectivity index (χ1) is 8.38. The van der Waals surface area contributed by atoms with Crippen molar-refractivity contribution in [3.63, 3.8) is 0 Å². The number of hydrogen-bond acceptors (Lipinski definition) is 3. The molecule has 0 radical (unpaired) electrons.